The molecular weight excluding hydrogens is 532 g/mol. The molecule has 0 aliphatic carbocycles. The zero-order valence-corrected chi connectivity index (χ0v) is 18.0. The molecule has 2 aromatic rings. The van der Waals surface area contributed by atoms with Gasteiger partial charge in [0.05, 0.1) is 10.5 Å². The number of ether oxygens (including phenoxy) is 1. The Morgan fingerprint density at radius 2 is 1.71 bits per heavy atom. The van der Waals surface area contributed by atoms with Gasteiger partial charge in [0.2, 0.25) is 0 Å². The first-order chi connectivity index (χ1) is 11.0. The lowest BCUT2D eigenvalue weighted by Gasteiger charge is -2.16. The summed E-state index contributed by atoms with van der Waals surface area (Å²) in [5, 5.41) is 0. The number of esters is 1. The summed E-state index contributed by atoms with van der Waals surface area (Å²) in [4.78, 5) is 12.1. The van der Waals surface area contributed by atoms with E-state index >= 15 is 0 Å². The summed E-state index contributed by atoms with van der Waals surface area (Å²) >= 11 is 9.93. The van der Waals surface area contributed by atoms with Gasteiger partial charge >= 0.3 is 5.97 Å². The highest BCUT2D eigenvalue weighted by Crippen LogP contribution is 2.33. The molecule has 0 bridgehead atoms. The van der Waals surface area contributed by atoms with Crippen LogP contribution in [0.2, 0.25) is 0 Å². The number of carbonyl (C=O) groups excluding carboxylic acids is 1. The topological polar surface area (TPSA) is 83.5 Å². The van der Waals surface area contributed by atoms with Crippen LogP contribution in [0, 0.1) is 13.8 Å². The van der Waals surface area contributed by atoms with Gasteiger partial charge in [0.1, 0.15) is 15.9 Å². The van der Waals surface area contributed by atoms with E-state index in [2.05, 4.69) is 47.8 Å². The normalized spacial score (nSPS) is 11.4. The van der Waals surface area contributed by atoms with E-state index in [1.807, 2.05) is 0 Å². The fraction of sp³-hybridized carbons (Fsp3) is 0.133. The van der Waals surface area contributed by atoms with E-state index in [0.717, 1.165) is 6.07 Å². The molecule has 0 fully saturated rings. The van der Waals surface area contributed by atoms with Crippen LogP contribution in [0.3, 0.4) is 0 Å². The second-order valence-electron chi connectivity index (χ2n) is 4.90. The number of carbonyl (C=O) groups is 1. The Morgan fingerprint density at radius 3 is 2.29 bits per heavy atom. The molecule has 0 N–H and O–H groups in total. The minimum absolute atomic E-state index is 0.188. The van der Waals surface area contributed by atoms with Crippen molar-refractivity contribution in [1.29, 1.82) is 0 Å². The highest BCUT2D eigenvalue weighted by Gasteiger charge is 2.19. The van der Waals surface area contributed by atoms with Crippen LogP contribution >= 0.6 is 47.8 Å². The van der Waals surface area contributed by atoms with Crippen LogP contribution in [0.15, 0.2) is 42.6 Å². The number of halogens is 3. The van der Waals surface area contributed by atoms with Crippen LogP contribution < -0.4 is 4.74 Å². The third-order valence-electron chi connectivity index (χ3n) is 3.37. The van der Waals surface area contributed by atoms with Crippen LogP contribution in [0.4, 0.5) is 0 Å². The fourth-order valence-electron chi connectivity index (χ4n) is 2.01. The van der Waals surface area contributed by atoms with Gasteiger partial charge in [-0.1, -0.05) is 15.9 Å². The van der Waals surface area contributed by atoms with E-state index in [1.165, 1.54) is 13.0 Å². The zero-order chi connectivity index (χ0) is 18.2. The van der Waals surface area contributed by atoms with Crippen molar-refractivity contribution in [3.8, 4) is 5.75 Å². The Balaban J connectivity index is 2.43. The number of hydrogen-bond donors (Lipinski definition) is 0. The van der Waals surface area contributed by atoms with Crippen LogP contribution in [-0.2, 0) is 10.1 Å². The van der Waals surface area contributed by atoms with Crippen molar-refractivity contribution in [3.05, 3.63) is 54.4 Å². The Labute approximate surface area is 164 Å². The summed E-state index contributed by atoms with van der Waals surface area (Å²) in [5.41, 5.74) is 0.948. The third-order valence-corrected chi connectivity index (χ3v) is 6.82. The van der Waals surface area contributed by atoms with Crippen molar-refractivity contribution in [2.24, 2.45) is 0 Å². The highest BCUT2D eigenvalue weighted by molar-refractivity contribution is 9.13. The quantitative estimate of drug-likeness (QED) is 0.243. The molecule has 0 heterocycles. The Kier molecular flexibility index (Phi) is 5.91. The van der Waals surface area contributed by atoms with Gasteiger partial charge in [-0.3, -0.25) is 0 Å². The van der Waals surface area contributed by atoms with Crippen molar-refractivity contribution in [2.75, 3.05) is 0 Å². The van der Waals surface area contributed by atoms with Crippen LogP contribution in [0.5, 0.6) is 5.75 Å². The number of hydrogen-bond acceptors (Lipinski definition) is 5. The van der Waals surface area contributed by atoms with Gasteiger partial charge < -0.3 is 9.29 Å². The molecule has 5 nitrogen and oxygen atoms in total. The van der Waals surface area contributed by atoms with E-state index in [0.29, 0.717) is 19.0 Å². The molecule has 0 spiro atoms. The maximum Gasteiger partial charge on any atom is 0.344 e. The van der Waals surface area contributed by atoms with E-state index in [4.69, 9.17) is 4.74 Å². The zero-order valence-electron chi connectivity index (χ0n) is 12.4. The number of rotatable bonds is 3. The van der Waals surface area contributed by atoms with E-state index in [-0.39, 0.29) is 21.8 Å². The number of benzene rings is 2. The molecule has 0 amide bonds. The predicted octanol–water partition coefficient (Wildman–Crippen LogP) is 4.71. The first kappa shape index (κ1) is 19.6. The van der Waals surface area contributed by atoms with Crippen LogP contribution in [-0.4, -0.2) is 18.9 Å². The van der Waals surface area contributed by atoms with Crippen LogP contribution in [0.25, 0.3) is 0 Å². The molecule has 0 aromatic heterocycles. The lowest BCUT2D eigenvalue weighted by molar-refractivity contribution is 0.0732. The monoisotopic (exact) mass is 539 g/mol. The maximum atomic E-state index is 12.4. The second-order valence-corrected chi connectivity index (χ2v) is 8.82. The summed E-state index contributed by atoms with van der Waals surface area (Å²) in [5.74, 6) is -0.433. The summed E-state index contributed by atoms with van der Waals surface area (Å²) in [6, 6.07) is 5.80. The first-order valence-corrected chi connectivity index (χ1v) is 10.2. The summed E-state index contributed by atoms with van der Waals surface area (Å²) in [7, 11) is -4.58. The molecule has 0 saturated carbocycles. The minimum Gasteiger partial charge on any atom is -0.744 e. The van der Waals surface area contributed by atoms with E-state index in [9.17, 15) is 17.8 Å². The van der Waals surface area contributed by atoms with Gasteiger partial charge in [-0.05, 0) is 81.1 Å². The smallest absolute Gasteiger partial charge is 0.344 e. The van der Waals surface area contributed by atoms with E-state index in [1.54, 1.807) is 19.1 Å². The fourth-order valence-corrected chi connectivity index (χ4v) is 4.39. The van der Waals surface area contributed by atoms with Crippen molar-refractivity contribution in [3.63, 3.8) is 0 Å². The lowest BCUT2D eigenvalue weighted by atomic mass is 10.1. The molecule has 0 atom stereocenters. The molecule has 9 heteroatoms. The van der Waals surface area contributed by atoms with E-state index < -0.39 is 16.1 Å². The van der Waals surface area contributed by atoms with Gasteiger partial charge in [0.25, 0.3) is 0 Å². The summed E-state index contributed by atoms with van der Waals surface area (Å²) < 4.78 is 40.9. The standard InChI is InChI=1S/C15H11Br3O5S/c1-7-8(2)13(24(20,21)22)4-3-12(7)23-15(19)10-5-9(16)6-11(17)14(10)18/h3-6H,1-2H3,(H,20,21,22)/p-1. The molecule has 2 rings (SSSR count). The summed E-state index contributed by atoms with van der Waals surface area (Å²) in [6.07, 6.45) is 0. The highest BCUT2D eigenvalue weighted by atomic mass is 79.9. The van der Waals surface area contributed by atoms with Crippen molar-refractivity contribution < 1.29 is 22.5 Å². The van der Waals surface area contributed by atoms with Gasteiger partial charge in [0, 0.05) is 13.4 Å². The maximum absolute atomic E-state index is 12.4. The first-order valence-electron chi connectivity index (χ1n) is 6.45. The van der Waals surface area contributed by atoms with Crippen LogP contribution in [0.1, 0.15) is 21.5 Å². The Morgan fingerprint density at radius 1 is 1.08 bits per heavy atom. The van der Waals surface area contributed by atoms with Gasteiger partial charge in [-0.15, -0.1) is 0 Å². The molecule has 0 unspecified atom stereocenters. The average Bonchev–Trinajstić information content (AvgIpc) is 2.46. The van der Waals surface area contributed by atoms with Gasteiger partial charge in [0.15, 0.2) is 0 Å². The molecular formula is C15H10Br3O5S-. The minimum atomic E-state index is -4.58. The molecule has 0 saturated heterocycles. The third kappa shape index (κ3) is 4.08. The lowest BCUT2D eigenvalue weighted by Crippen LogP contribution is -2.12. The SMILES string of the molecule is Cc1c(OC(=O)c2cc(Br)cc(Br)c2Br)ccc(S(=O)(=O)[O-])c1C. The van der Waals surface area contributed by atoms with Crippen molar-refractivity contribution >= 4 is 63.9 Å². The molecule has 24 heavy (non-hydrogen) atoms. The second kappa shape index (κ2) is 7.25. The Bertz CT molecular complexity index is 939. The van der Waals surface area contributed by atoms with Crippen molar-refractivity contribution in [1.82, 2.24) is 0 Å². The molecule has 128 valence electrons. The molecule has 0 aliphatic rings. The Hall–Kier alpha value is -0.740. The van der Waals surface area contributed by atoms with Gasteiger partial charge in [-0.2, -0.15) is 0 Å². The molecule has 0 aliphatic heterocycles. The van der Waals surface area contributed by atoms with Crippen molar-refractivity contribution in [2.45, 2.75) is 18.7 Å². The molecule has 2 aromatic carbocycles. The average molecular weight is 542 g/mol. The predicted molar refractivity (Wildman–Crippen MR) is 98.4 cm³/mol. The summed E-state index contributed by atoms with van der Waals surface area (Å²) in [6.45, 7) is 3.07. The van der Waals surface area contributed by atoms with Gasteiger partial charge in [-0.25, -0.2) is 13.2 Å². The molecule has 0 radical (unpaired) electrons. The largest absolute Gasteiger partial charge is 0.744 e.